The van der Waals surface area contributed by atoms with Crippen LogP contribution in [-0.4, -0.2) is 43.4 Å². The molecule has 0 unspecified atom stereocenters. The number of aliphatic hydroxyl groups excluding tert-OH is 1. The van der Waals surface area contributed by atoms with Crippen LogP contribution in [0.25, 0.3) is 0 Å². The van der Waals surface area contributed by atoms with Crippen molar-refractivity contribution in [1.82, 2.24) is 0 Å². The van der Waals surface area contributed by atoms with Crippen molar-refractivity contribution in [3.05, 3.63) is 0 Å². The van der Waals surface area contributed by atoms with E-state index in [1.807, 2.05) is 0 Å². The molecule has 0 spiro atoms. The fraction of sp³-hybridized carbons (Fsp3) is 1.00. The number of quaternary nitrogens is 1. The molecule has 0 fully saturated rings. The molecule has 0 bridgehead atoms. The van der Waals surface area contributed by atoms with Crippen LogP contribution in [0.1, 0.15) is 77.6 Å². The van der Waals surface area contributed by atoms with Gasteiger partial charge in [-0.2, -0.15) is 0 Å². The van der Waals surface area contributed by atoms with Gasteiger partial charge in [0.2, 0.25) is 0 Å². The van der Waals surface area contributed by atoms with Crippen LogP contribution in [0.5, 0.6) is 0 Å². The normalized spacial score (nSPS) is 12.0. The molecule has 0 aromatic carbocycles. The van der Waals surface area contributed by atoms with Crippen LogP contribution >= 0.6 is 0 Å². The molecular weight excluding hydrogens is 234 g/mol. The molecule has 1 N–H and O–H groups in total. The summed E-state index contributed by atoms with van der Waals surface area (Å²) in [5, 5.41) is 8.81. The van der Waals surface area contributed by atoms with Crippen molar-refractivity contribution < 1.29 is 9.59 Å². The second kappa shape index (κ2) is 12.9. The van der Waals surface area contributed by atoms with E-state index in [0.29, 0.717) is 6.61 Å². The van der Waals surface area contributed by atoms with Crippen LogP contribution in [0.2, 0.25) is 0 Å². The first-order valence-electron chi connectivity index (χ1n) is 8.55. The molecule has 19 heavy (non-hydrogen) atoms. The van der Waals surface area contributed by atoms with E-state index < -0.39 is 0 Å². The van der Waals surface area contributed by atoms with Crippen molar-refractivity contribution in [3.8, 4) is 0 Å². The van der Waals surface area contributed by atoms with Gasteiger partial charge < -0.3 is 9.59 Å². The summed E-state index contributed by atoms with van der Waals surface area (Å²) in [5.41, 5.74) is 0. The maximum Gasteiger partial charge on any atom is 0.0783 e. The van der Waals surface area contributed by atoms with E-state index in [2.05, 4.69) is 21.0 Å². The Hall–Kier alpha value is -0.0800. The zero-order chi connectivity index (χ0) is 14.4. The number of hydrogen-bond acceptors (Lipinski definition) is 1. The van der Waals surface area contributed by atoms with Crippen molar-refractivity contribution in [3.63, 3.8) is 0 Å². The fourth-order valence-electron chi connectivity index (χ4n) is 2.61. The third kappa shape index (κ3) is 14.1. The van der Waals surface area contributed by atoms with Crippen molar-refractivity contribution in [2.75, 3.05) is 33.8 Å². The summed E-state index contributed by atoms with van der Waals surface area (Å²) in [6, 6.07) is 0. The number of nitrogens with zero attached hydrogens (tertiary/aromatic N) is 1. The molecule has 2 heteroatoms. The van der Waals surface area contributed by atoms with Crippen LogP contribution < -0.4 is 0 Å². The monoisotopic (exact) mass is 272 g/mol. The summed E-state index contributed by atoms with van der Waals surface area (Å²) >= 11 is 0. The summed E-state index contributed by atoms with van der Waals surface area (Å²) in [6.07, 6.45) is 14.8. The van der Waals surface area contributed by atoms with Gasteiger partial charge in [-0.3, -0.25) is 0 Å². The lowest BCUT2D eigenvalue weighted by atomic mass is 10.1. The standard InChI is InChI=1S/C17H38NO/c1-4-5-6-7-8-9-10-11-12-15-18(2,3)16-13-14-17-19/h19H,4-17H2,1-3H3/q+1. The molecule has 0 radical (unpaired) electrons. The molecule has 0 aliphatic carbocycles. The van der Waals surface area contributed by atoms with Crippen LogP contribution in [0.15, 0.2) is 0 Å². The Balaban J connectivity index is 3.27. The van der Waals surface area contributed by atoms with E-state index in [-0.39, 0.29) is 0 Å². The van der Waals surface area contributed by atoms with Crippen molar-refractivity contribution >= 4 is 0 Å². The average molecular weight is 272 g/mol. The second-order valence-corrected chi connectivity index (χ2v) is 6.64. The third-order valence-corrected chi connectivity index (χ3v) is 4.04. The first kappa shape index (κ1) is 18.9. The SMILES string of the molecule is CCCCCCCCCCC[N+](C)(C)CCCCO. The molecule has 0 rings (SSSR count). The number of aliphatic hydroxyl groups is 1. The Bertz CT molecular complexity index is 180. The van der Waals surface area contributed by atoms with Gasteiger partial charge in [0, 0.05) is 6.61 Å². The molecular formula is C17H38NO+. The Morgan fingerprint density at radius 3 is 1.53 bits per heavy atom. The van der Waals surface area contributed by atoms with Gasteiger partial charge in [0.25, 0.3) is 0 Å². The zero-order valence-corrected chi connectivity index (χ0v) is 13.8. The highest BCUT2D eigenvalue weighted by molar-refractivity contribution is 4.47. The smallest absolute Gasteiger partial charge is 0.0783 e. The van der Waals surface area contributed by atoms with Crippen molar-refractivity contribution in [2.24, 2.45) is 0 Å². The van der Waals surface area contributed by atoms with Crippen LogP contribution in [-0.2, 0) is 0 Å². The molecule has 0 heterocycles. The van der Waals surface area contributed by atoms with E-state index in [0.717, 1.165) is 17.3 Å². The molecule has 0 aliphatic rings. The van der Waals surface area contributed by atoms with Gasteiger partial charge in [0.15, 0.2) is 0 Å². The van der Waals surface area contributed by atoms with Gasteiger partial charge in [-0.15, -0.1) is 0 Å². The minimum absolute atomic E-state index is 0.345. The minimum Gasteiger partial charge on any atom is -0.396 e. The van der Waals surface area contributed by atoms with Gasteiger partial charge in [0.1, 0.15) is 0 Å². The Morgan fingerprint density at radius 1 is 0.632 bits per heavy atom. The fourth-order valence-corrected chi connectivity index (χ4v) is 2.61. The Morgan fingerprint density at radius 2 is 1.05 bits per heavy atom. The van der Waals surface area contributed by atoms with Crippen LogP contribution in [0, 0.1) is 0 Å². The van der Waals surface area contributed by atoms with E-state index >= 15 is 0 Å². The highest BCUT2D eigenvalue weighted by Gasteiger charge is 2.13. The lowest BCUT2D eigenvalue weighted by Crippen LogP contribution is -2.41. The van der Waals surface area contributed by atoms with Gasteiger partial charge in [-0.05, 0) is 25.7 Å². The quantitative estimate of drug-likeness (QED) is 0.368. The van der Waals surface area contributed by atoms with E-state index in [1.54, 1.807) is 0 Å². The molecule has 116 valence electrons. The van der Waals surface area contributed by atoms with E-state index in [4.69, 9.17) is 5.11 Å². The molecule has 0 amide bonds. The summed E-state index contributed by atoms with van der Waals surface area (Å²) in [7, 11) is 4.64. The molecule has 2 nitrogen and oxygen atoms in total. The maximum atomic E-state index is 8.81. The second-order valence-electron chi connectivity index (χ2n) is 6.64. The lowest BCUT2D eigenvalue weighted by Gasteiger charge is -2.29. The van der Waals surface area contributed by atoms with E-state index in [9.17, 15) is 0 Å². The lowest BCUT2D eigenvalue weighted by molar-refractivity contribution is -0.890. The highest BCUT2D eigenvalue weighted by atomic mass is 16.2. The molecule has 0 saturated carbocycles. The van der Waals surface area contributed by atoms with Gasteiger partial charge in [0.05, 0.1) is 27.2 Å². The maximum absolute atomic E-state index is 8.81. The third-order valence-electron chi connectivity index (χ3n) is 4.04. The molecule has 0 aromatic heterocycles. The topological polar surface area (TPSA) is 20.2 Å². The summed E-state index contributed by atoms with van der Waals surface area (Å²) in [4.78, 5) is 0. The summed E-state index contributed by atoms with van der Waals surface area (Å²) in [5.74, 6) is 0. The molecule has 0 aromatic rings. The van der Waals surface area contributed by atoms with Gasteiger partial charge >= 0.3 is 0 Å². The summed E-state index contributed by atoms with van der Waals surface area (Å²) < 4.78 is 1.12. The molecule has 0 atom stereocenters. The first-order chi connectivity index (χ1) is 9.12. The molecule has 0 aliphatic heterocycles. The Kier molecular flexibility index (Phi) is 12.9. The van der Waals surface area contributed by atoms with E-state index in [1.165, 1.54) is 70.9 Å². The van der Waals surface area contributed by atoms with Crippen molar-refractivity contribution in [1.29, 1.82) is 0 Å². The summed E-state index contributed by atoms with van der Waals surface area (Å²) in [6.45, 7) is 5.12. The van der Waals surface area contributed by atoms with Crippen LogP contribution in [0.3, 0.4) is 0 Å². The van der Waals surface area contributed by atoms with Gasteiger partial charge in [-0.25, -0.2) is 0 Å². The predicted octanol–water partition coefficient (Wildman–Crippen LogP) is 4.37. The molecule has 0 saturated heterocycles. The van der Waals surface area contributed by atoms with Crippen LogP contribution in [0.4, 0.5) is 0 Å². The number of unbranched alkanes of at least 4 members (excludes halogenated alkanes) is 9. The van der Waals surface area contributed by atoms with Gasteiger partial charge in [-0.1, -0.05) is 51.9 Å². The zero-order valence-electron chi connectivity index (χ0n) is 13.8. The number of rotatable bonds is 14. The largest absolute Gasteiger partial charge is 0.396 e. The highest BCUT2D eigenvalue weighted by Crippen LogP contribution is 2.11. The average Bonchev–Trinajstić information content (AvgIpc) is 2.37. The predicted molar refractivity (Wildman–Crippen MR) is 85.4 cm³/mol. The number of hydrogen-bond donors (Lipinski definition) is 1. The Labute approximate surface area is 121 Å². The first-order valence-corrected chi connectivity index (χ1v) is 8.55. The minimum atomic E-state index is 0.345. The van der Waals surface area contributed by atoms with Crippen molar-refractivity contribution in [2.45, 2.75) is 77.6 Å².